The quantitative estimate of drug-likeness (QED) is 0.646. The van der Waals surface area contributed by atoms with E-state index in [4.69, 9.17) is 4.74 Å². The molecule has 0 saturated carbocycles. The number of rotatable bonds is 7. The third-order valence-corrected chi connectivity index (χ3v) is 6.73. The number of benzene rings is 2. The largest absolute Gasteiger partial charge is 0.493 e. The summed E-state index contributed by atoms with van der Waals surface area (Å²) in [7, 11) is -3.65. The molecule has 0 aromatic heterocycles. The van der Waals surface area contributed by atoms with Gasteiger partial charge in [-0.15, -0.1) is 0 Å². The van der Waals surface area contributed by atoms with E-state index >= 15 is 0 Å². The molecule has 0 aliphatic carbocycles. The summed E-state index contributed by atoms with van der Waals surface area (Å²) in [5.74, 6) is 0.549. The molecule has 2 aromatic rings. The van der Waals surface area contributed by atoms with E-state index in [1.807, 2.05) is 30.3 Å². The Labute approximate surface area is 170 Å². The second kappa shape index (κ2) is 9.19. The maximum absolute atomic E-state index is 12.8. The van der Waals surface area contributed by atoms with Crippen molar-refractivity contribution in [3.63, 3.8) is 0 Å². The van der Waals surface area contributed by atoms with Crippen LogP contribution in [0.4, 0.5) is 0 Å². The zero-order valence-electron chi connectivity index (χ0n) is 16.3. The van der Waals surface area contributed by atoms with Crippen LogP contribution in [0.25, 0.3) is 0 Å². The lowest BCUT2D eigenvalue weighted by Gasteiger charge is -2.34. The highest BCUT2D eigenvalue weighted by atomic mass is 32.2. The van der Waals surface area contributed by atoms with E-state index < -0.39 is 10.0 Å². The average molecular weight is 416 g/mol. The highest BCUT2D eigenvalue weighted by Gasteiger charge is 2.30. The van der Waals surface area contributed by atoms with Gasteiger partial charge < -0.3 is 9.64 Å². The molecule has 29 heavy (non-hydrogen) atoms. The summed E-state index contributed by atoms with van der Waals surface area (Å²) in [6.07, 6.45) is 0.244. The topological polar surface area (TPSA) is 84.0 Å². The summed E-state index contributed by atoms with van der Waals surface area (Å²) < 4.78 is 32.5. The molecule has 0 spiro atoms. The second-order valence-corrected chi connectivity index (χ2v) is 8.71. The molecular formula is C21H24N2O5S. The molecule has 0 radical (unpaired) electrons. The van der Waals surface area contributed by atoms with Crippen LogP contribution in [0.2, 0.25) is 0 Å². The third kappa shape index (κ3) is 5.21. The molecular weight excluding hydrogens is 392 g/mol. The lowest BCUT2D eigenvalue weighted by Crippen LogP contribution is -2.50. The van der Waals surface area contributed by atoms with Crippen molar-refractivity contribution < 1.29 is 22.7 Å². The third-order valence-electron chi connectivity index (χ3n) is 4.82. The molecule has 7 nitrogen and oxygen atoms in total. The van der Waals surface area contributed by atoms with Crippen LogP contribution in [-0.2, 0) is 14.8 Å². The highest BCUT2D eigenvalue weighted by molar-refractivity contribution is 7.89. The minimum atomic E-state index is -3.65. The Morgan fingerprint density at radius 3 is 2.14 bits per heavy atom. The molecule has 1 saturated heterocycles. The van der Waals surface area contributed by atoms with Crippen molar-refractivity contribution in [2.24, 2.45) is 0 Å². The molecule has 1 aliphatic rings. The van der Waals surface area contributed by atoms with Crippen molar-refractivity contribution in [3.8, 4) is 5.75 Å². The van der Waals surface area contributed by atoms with Crippen molar-refractivity contribution in [1.82, 2.24) is 9.21 Å². The molecule has 0 bridgehead atoms. The van der Waals surface area contributed by atoms with Gasteiger partial charge in [0.05, 0.1) is 17.9 Å². The van der Waals surface area contributed by atoms with Crippen LogP contribution in [0.15, 0.2) is 59.5 Å². The van der Waals surface area contributed by atoms with Crippen LogP contribution < -0.4 is 4.74 Å². The maximum Gasteiger partial charge on any atom is 0.243 e. The van der Waals surface area contributed by atoms with Crippen LogP contribution in [0, 0.1) is 0 Å². The minimum absolute atomic E-state index is 0.0520. The van der Waals surface area contributed by atoms with Crippen molar-refractivity contribution in [3.05, 3.63) is 60.2 Å². The van der Waals surface area contributed by atoms with Crippen LogP contribution >= 0.6 is 0 Å². The Kier molecular flexibility index (Phi) is 6.66. The smallest absolute Gasteiger partial charge is 0.243 e. The van der Waals surface area contributed by atoms with Gasteiger partial charge in [-0.25, -0.2) is 8.42 Å². The number of Topliss-reactive ketones (excluding diaryl/α,β-unsaturated/α-hetero) is 1. The predicted molar refractivity (Wildman–Crippen MR) is 108 cm³/mol. The van der Waals surface area contributed by atoms with Gasteiger partial charge in [-0.05, 0) is 31.2 Å². The van der Waals surface area contributed by atoms with Gasteiger partial charge in [0.15, 0.2) is 5.78 Å². The Morgan fingerprint density at radius 2 is 1.55 bits per heavy atom. The molecule has 1 heterocycles. The number of sulfonamides is 1. The van der Waals surface area contributed by atoms with Gasteiger partial charge in [0.25, 0.3) is 0 Å². The fraction of sp³-hybridized carbons (Fsp3) is 0.333. The number of piperazine rings is 1. The Bertz CT molecular complexity index is 950. The molecule has 2 aromatic carbocycles. The molecule has 154 valence electrons. The summed E-state index contributed by atoms with van der Waals surface area (Å²) in [6, 6.07) is 15.2. The highest BCUT2D eigenvalue weighted by Crippen LogP contribution is 2.19. The number of hydrogen-bond acceptors (Lipinski definition) is 5. The van der Waals surface area contributed by atoms with Crippen LogP contribution in [0.5, 0.6) is 5.75 Å². The van der Waals surface area contributed by atoms with E-state index in [2.05, 4.69) is 0 Å². The van der Waals surface area contributed by atoms with Crippen LogP contribution in [0.1, 0.15) is 23.7 Å². The maximum atomic E-state index is 12.8. The second-order valence-electron chi connectivity index (χ2n) is 6.78. The van der Waals surface area contributed by atoms with E-state index in [-0.39, 0.29) is 42.7 Å². The number of carbonyl (C=O) groups excluding carboxylic acids is 2. The van der Waals surface area contributed by atoms with Crippen LogP contribution in [0.3, 0.4) is 0 Å². The summed E-state index contributed by atoms with van der Waals surface area (Å²) in [6.45, 7) is 2.88. The number of carbonyl (C=O) groups is 2. The predicted octanol–water partition coefficient (Wildman–Crippen LogP) is 2.19. The summed E-state index contributed by atoms with van der Waals surface area (Å²) in [5, 5.41) is 0. The summed E-state index contributed by atoms with van der Waals surface area (Å²) in [5.41, 5.74) is 0.470. The summed E-state index contributed by atoms with van der Waals surface area (Å²) in [4.78, 5) is 25.5. The van der Waals surface area contributed by atoms with Gasteiger partial charge in [0.2, 0.25) is 15.9 Å². The number of ether oxygens (including phenoxy) is 1. The van der Waals surface area contributed by atoms with E-state index in [9.17, 15) is 18.0 Å². The number of amides is 1. The minimum Gasteiger partial charge on any atom is -0.493 e. The Hall–Kier alpha value is -2.71. The van der Waals surface area contributed by atoms with Crippen molar-refractivity contribution in [2.45, 2.75) is 18.2 Å². The molecule has 1 amide bonds. The zero-order valence-corrected chi connectivity index (χ0v) is 17.1. The van der Waals surface area contributed by atoms with Gasteiger partial charge in [-0.3, -0.25) is 9.59 Å². The Balaban J connectivity index is 1.51. The van der Waals surface area contributed by atoms with E-state index in [1.54, 1.807) is 4.90 Å². The fourth-order valence-corrected chi connectivity index (χ4v) is 4.54. The van der Waals surface area contributed by atoms with Gasteiger partial charge in [0.1, 0.15) is 5.75 Å². The molecule has 0 N–H and O–H groups in total. The van der Waals surface area contributed by atoms with E-state index in [1.165, 1.54) is 35.5 Å². The first kappa shape index (κ1) is 21.0. The lowest BCUT2D eigenvalue weighted by molar-refractivity contribution is -0.132. The SMILES string of the molecule is CC(=O)c1ccc(S(=O)(=O)N2CCN(C(=O)CCOc3ccccc3)CC2)cc1. The zero-order chi connectivity index (χ0) is 20.9. The van der Waals surface area contributed by atoms with E-state index in [0.717, 1.165) is 0 Å². The normalized spacial score (nSPS) is 15.1. The molecule has 1 aliphatic heterocycles. The molecule has 0 unspecified atom stereocenters. The van der Waals surface area contributed by atoms with Crippen molar-refractivity contribution in [2.75, 3.05) is 32.8 Å². The first-order chi connectivity index (χ1) is 13.9. The Morgan fingerprint density at radius 1 is 0.931 bits per heavy atom. The number of para-hydroxylation sites is 1. The number of hydrogen-bond donors (Lipinski definition) is 0. The summed E-state index contributed by atoms with van der Waals surface area (Å²) >= 11 is 0. The van der Waals surface area contributed by atoms with Gasteiger partial charge in [-0.2, -0.15) is 4.31 Å². The van der Waals surface area contributed by atoms with E-state index in [0.29, 0.717) is 24.4 Å². The van der Waals surface area contributed by atoms with Gasteiger partial charge in [-0.1, -0.05) is 30.3 Å². The van der Waals surface area contributed by atoms with Gasteiger partial charge in [0, 0.05) is 31.7 Å². The molecule has 8 heteroatoms. The number of nitrogens with zero attached hydrogens (tertiary/aromatic N) is 2. The number of ketones is 1. The van der Waals surface area contributed by atoms with Crippen molar-refractivity contribution in [1.29, 1.82) is 0 Å². The first-order valence-electron chi connectivity index (χ1n) is 9.45. The molecule has 3 rings (SSSR count). The van der Waals surface area contributed by atoms with Crippen LogP contribution in [-0.4, -0.2) is 62.1 Å². The average Bonchev–Trinajstić information content (AvgIpc) is 2.74. The molecule has 1 fully saturated rings. The monoisotopic (exact) mass is 416 g/mol. The standard InChI is InChI=1S/C21H24N2O5S/c1-17(24)18-7-9-20(10-8-18)29(26,27)23-14-12-22(13-15-23)21(25)11-16-28-19-5-3-2-4-6-19/h2-10H,11-16H2,1H3. The lowest BCUT2D eigenvalue weighted by atomic mass is 10.2. The first-order valence-corrected chi connectivity index (χ1v) is 10.9. The van der Waals surface area contributed by atoms with Crippen molar-refractivity contribution >= 4 is 21.7 Å². The van der Waals surface area contributed by atoms with Gasteiger partial charge >= 0.3 is 0 Å². The fourth-order valence-electron chi connectivity index (χ4n) is 3.12. The molecule has 0 atom stereocenters.